The summed E-state index contributed by atoms with van der Waals surface area (Å²) >= 11 is 0. The Morgan fingerprint density at radius 3 is 2.00 bits per heavy atom. The summed E-state index contributed by atoms with van der Waals surface area (Å²) in [5.74, 6) is 0. The normalized spacial score (nSPS) is 14.1. The Kier molecular flexibility index (Phi) is 3.68. The summed E-state index contributed by atoms with van der Waals surface area (Å²) in [7, 11) is 0. The summed E-state index contributed by atoms with van der Waals surface area (Å²) < 4.78 is 36.6. The molecule has 1 aliphatic rings. The zero-order valence-electron chi connectivity index (χ0n) is 7.36. The second kappa shape index (κ2) is 4.06. The van der Waals surface area contributed by atoms with Crippen LogP contribution in [0.5, 0.6) is 0 Å². The average Bonchev–Trinajstić information content (AvgIpc) is 1.89. The smallest absolute Gasteiger partial charge is 0.445 e. The molecule has 0 amide bonds. The van der Waals surface area contributed by atoms with Crippen LogP contribution in [-0.4, -0.2) is 6.98 Å². The fourth-order valence-electron chi connectivity index (χ4n) is 1.42. The number of fused-ring (bicyclic) bond motifs is 1. The fraction of sp³-hybridized carbons (Fsp3) is 0.250. The van der Waals surface area contributed by atoms with Crippen molar-refractivity contribution in [1.29, 1.82) is 0 Å². The predicted molar refractivity (Wildman–Crippen MR) is 42.6 cm³/mol. The van der Waals surface area contributed by atoms with E-state index in [1.165, 1.54) is 12.1 Å². The van der Waals surface area contributed by atoms with Crippen molar-refractivity contribution < 1.29 is 64.3 Å². The molecule has 0 bridgehead atoms. The molecule has 0 saturated carbocycles. The van der Waals surface area contributed by atoms with E-state index in [1.54, 1.807) is 6.07 Å². The largest absolute Gasteiger partial charge is 1.00 e. The molecule has 0 heterocycles. The Morgan fingerprint density at radius 1 is 1.00 bits per heavy atom. The van der Waals surface area contributed by atoms with Crippen molar-refractivity contribution in [3.05, 3.63) is 29.3 Å². The van der Waals surface area contributed by atoms with Gasteiger partial charge in [0.2, 0.25) is 0 Å². The first-order valence-corrected chi connectivity index (χ1v) is 3.89. The molecule has 1 aromatic rings. The monoisotopic (exact) mass is 210 g/mol. The van der Waals surface area contributed by atoms with E-state index in [4.69, 9.17) is 0 Å². The van der Waals surface area contributed by atoms with Crippen LogP contribution in [0, 0.1) is 0 Å². The molecule has 13 heavy (non-hydrogen) atoms. The SMILES string of the molecule is F[B-](F)(F)c1ccc2c(c1)CC2.[K+]. The van der Waals surface area contributed by atoms with Gasteiger partial charge in [-0.3, -0.25) is 0 Å². The van der Waals surface area contributed by atoms with E-state index in [9.17, 15) is 12.9 Å². The first-order valence-electron chi connectivity index (χ1n) is 3.89. The van der Waals surface area contributed by atoms with Gasteiger partial charge in [-0.25, -0.2) is 0 Å². The van der Waals surface area contributed by atoms with Crippen molar-refractivity contribution >= 4 is 12.4 Å². The first kappa shape index (κ1) is 11.8. The van der Waals surface area contributed by atoms with E-state index in [2.05, 4.69) is 0 Å². The Morgan fingerprint density at radius 2 is 1.62 bits per heavy atom. The zero-order valence-corrected chi connectivity index (χ0v) is 10.5. The molecule has 0 saturated heterocycles. The zero-order chi connectivity index (χ0) is 8.77. The molecule has 0 unspecified atom stereocenters. The number of hydrogen-bond acceptors (Lipinski definition) is 0. The molecule has 1 aliphatic carbocycles. The molecule has 64 valence electrons. The number of aryl methyl sites for hydroxylation is 2. The third kappa shape index (κ3) is 2.39. The van der Waals surface area contributed by atoms with Crippen molar-refractivity contribution in [2.45, 2.75) is 12.8 Å². The maximum absolute atomic E-state index is 12.2. The second-order valence-corrected chi connectivity index (χ2v) is 3.10. The van der Waals surface area contributed by atoms with Crippen LogP contribution in [0.4, 0.5) is 12.9 Å². The van der Waals surface area contributed by atoms with Crippen LogP contribution in [0.1, 0.15) is 11.1 Å². The molecule has 0 fully saturated rings. The van der Waals surface area contributed by atoms with Crippen molar-refractivity contribution in [2.24, 2.45) is 0 Å². The standard InChI is InChI=1S/C8H7BF3.K/c10-9(11,12)8-4-3-6-1-2-7(6)5-8;/h3-5H,1-2H2;/q-1;+1. The molecule has 5 heteroatoms. The topological polar surface area (TPSA) is 0 Å². The van der Waals surface area contributed by atoms with Crippen LogP contribution in [0.15, 0.2) is 18.2 Å². The van der Waals surface area contributed by atoms with E-state index < -0.39 is 12.4 Å². The van der Waals surface area contributed by atoms with E-state index in [0.29, 0.717) is 0 Å². The summed E-state index contributed by atoms with van der Waals surface area (Å²) in [6, 6.07) is 4.04. The molecular formula is C8H7BF3K. The van der Waals surface area contributed by atoms with Gasteiger partial charge in [0.15, 0.2) is 0 Å². The molecule has 2 rings (SSSR count). The molecule has 1 aromatic carbocycles. The van der Waals surface area contributed by atoms with Crippen LogP contribution in [0.3, 0.4) is 0 Å². The van der Waals surface area contributed by atoms with Gasteiger partial charge >= 0.3 is 58.4 Å². The van der Waals surface area contributed by atoms with Crippen LogP contribution in [0.25, 0.3) is 0 Å². The number of hydrogen-bond donors (Lipinski definition) is 0. The fourth-order valence-corrected chi connectivity index (χ4v) is 1.42. The second-order valence-electron chi connectivity index (χ2n) is 3.10. The molecule has 0 radical (unpaired) electrons. The van der Waals surface area contributed by atoms with Crippen molar-refractivity contribution in [2.75, 3.05) is 0 Å². The Balaban J connectivity index is 0.000000845. The third-order valence-corrected chi connectivity index (χ3v) is 2.27. The quantitative estimate of drug-likeness (QED) is 0.513. The molecule has 0 N–H and O–H groups in total. The van der Waals surface area contributed by atoms with Gasteiger partial charge < -0.3 is 12.9 Å². The van der Waals surface area contributed by atoms with Gasteiger partial charge in [-0.05, 0) is 24.0 Å². The summed E-state index contributed by atoms with van der Waals surface area (Å²) in [5.41, 5.74) is 1.47. The van der Waals surface area contributed by atoms with Crippen molar-refractivity contribution in [1.82, 2.24) is 0 Å². The molecular weight excluding hydrogens is 203 g/mol. The van der Waals surface area contributed by atoms with Gasteiger partial charge in [0, 0.05) is 0 Å². The van der Waals surface area contributed by atoms with Crippen molar-refractivity contribution in [3.8, 4) is 0 Å². The number of benzene rings is 1. The minimum atomic E-state index is -4.80. The third-order valence-electron chi connectivity index (χ3n) is 2.27. The van der Waals surface area contributed by atoms with Crippen LogP contribution in [0.2, 0.25) is 0 Å². The summed E-state index contributed by atoms with van der Waals surface area (Å²) in [6.07, 6.45) is 1.73. The Hall–Kier alpha value is 0.711. The van der Waals surface area contributed by atoms with Crippen LogP contribution in [-0.2, 0) is 12.8 Å². The first-order chi connectivity index (χ1) is 5.57. The number of halogens is 3. The molecule has 0 aromatic heterocycles. The Labute approximate surface area is 117 Å². The van der Waals surface area contributed by atoms with E-state index in [0.717, 1.165) is 24.0 Å². The van der Waals surface area contributed by atoms with Crippen LogP contribution >= 0.6 is 0 Å². The van der Waals surface area contributed by atoms with E-state index in [-0.39, 0.29) is 51.4 Å². The summed E-state index contributed by atoms with van der Waals surface area (Å²) in [4.78, 5) is 0. The van der Waals surface area contributed by atoms with Gasteiger partial charge in [-0.15, -0.1) is 5.46 Å². The summed E-state index contributed by atoms with van der Waals surface area (Å²) in [6.45, 7) is -4.80. The minimum Gasteiger partial charge on any atom is -0.445 e. The molecule has 0 aliphatic heterocycles. The maximum atomic E-state index is 12.2. The van der Waals surface area contributed by atoms with E-state index in [1.807, 2.05) is 0 Å². The van der Waals surface area contributed by atoms with Gasteiger partial charge in [0.1, 0.15) is 0 Å². The van der Waals surface area contributed by atoms with Gasteiger partial charge in [0.25, 0.3) is 0 Å². The Bertz CT molecular complexity index is 322. The number of rotatable bonds is 1. The molecule has 0 spiro atoms. The predicted octanol–water partition coefficient (Wildman–Crippen LogP) is -1.16. The van der Waals surface area contributed by atoms with Crippen molar-refractivity contribution in [3.63, 3.8) is 0 Å². The minimum absolute atomic E-state index is 0. The van der Waals surface area contributed by atoms with Gasteiger partial charge in [0.05, 0.1) is 0 Å². The van der Waals surface area contributed by atoms with Gasteiger partial charge in [-0.1, -0.05) is 18.2 Å². The van der Waals surface area contributed by atoms with E-state index >= 15 is 0 Å². The van der Waals surface area contributed by atoms with Crippen LogP contribution < -0.4 is 56.8 Å². The maximum Gasteiger partial charge on any atom is 1.00 e. The molecule has 0 atom stereocenters. The van der Waals surface area contributed by atoms with Gasteiger partial charge in [-0.2, -0.15) is 0 Å². The summed E-state index contributed by atoms with van der Waals surface area (Å²) in [5, 5.41) is 0. The molecule has 0 nitrogen and oxygen atoms in total. The average molecular weight is 210 g/mol.